The summed E-state index contributed by atoms with van der Waals surface area (Å²) in [4.78, 5) is 21.8. The van der Waals surface area contributed by atoms with E-state index in [1.54, 1.807) is 24.4 Å². The van der Waals surface area contributed by atoms with E-state index in [4.69, 9.17) is 4.74 Å². The number of imidazole rings is 1. The van der Waals surface area contributed by atoms with Crippen molar-refractivity contribution in [3.63, 3.8) is 0 Å². The van der Waals surface area contributed by atoms with E-state index in [2.05, 4.69) is 14.5 Å². The first-order chi connectivity index (χ1) is 14.6. The predicted molar refractivity (Wildman–Crippen MR) is 115 cm³/mol. The molecule has 0 unspecified atom stereocenters. The molecule has 2 heterocycles. The van der Waals surface area contributed by atoms with Gasteiger partial charge in [0.1, 0.15) is 12.4 Å². The fourth-order valence-electron chi connectivity index (χ4n) is 3.36. The predicted octanol–water partition coefficient (Wildman–Crippen LogP) is 4.35. The van der Waals surface area contributed by atoms with E-state index in [1.165, 1.54) is 4.90 Å². The molecule has 0 radical (unpaired) electrons. The quantitative estimate of drug-likeness (QED) is 0.497. The van der Waals surface area contributed by atoms with E-state index in [0.29, 0.717) is 18.0 Å². The number of hydrogen-bond acceptors (Lipinski definition) is 4. The Morgan fingerprint density at radius 1 is 1.07 bits per heavy atom. The highest BCUT2D eigenvalue weighted by Gasteiger charge is 2.15. The summed E-state index contributed by atoms with van der Waals surface area (Å²) < 4.78 is 7.97. The number of ether oxygens (including phenoxy) is 1. The fourth-order valence-corrected chi connectivity index (χ4v) is 3.36. The zero-order valence-electron chi connectivity index (χ0n) is 16.6. The van der Waals surface area contributed by atoms with E-state index in [9.17, 15) is 9.90 Å². The van der Waals surface area contributed by atoms with Crippen LogP contribution in [0.3, 0.4) is 0 Å². The molecule has 0 fully saturated rings. The molecular formula is C23H22N4O3. The monoisotopic (exact) mass is 402 g/mol. The fraction of sp³-hybridized carbons (Fsp3) is 0.174. The molecule has 152 valence electrons. The molecule has 0 atom stereocenters. The molecule has 0 saturated heterocycles. The van der Waals surface area contributed by atoms with Gasteiger partial charge in [0.2, 0.25) is 0 Å². The van der Waals surface area contributed by atoms with Gasteiger partial charge in [-0.25, -0.2) is 9.78 Å². The third kappa shape index (κ3) is 4.10. The lowest BCUT2D eigenvalue weighted by atomic mass is 10.2. The van der Waals surface area contributed by atoms with Crippen molar-refractivity contribution in [1.82, 2.24) is 14.5 Å². The van der Waals surface area contributed by atoms with Gasteiger partial charge in [-0.15, -0.1) is 0 Å². The largest absolute Gasteiger partial charge is 0.491 e. The summed E-state index contributed by atoms with van der Waals surface area (Å²) in [7, 11) is 0. The summed E-state index contributed by atoms with van der Waals surface area (Å²) in [6.45, 7) is 3.00. The van der Waals surface area contributed by atoms with Gasteiger partial charge in [-0.3, -0.25) is 9.88 Å². The summed E-state index contributed by atoms with van der Waals surface area (Å²) in [5, 5.41) is 9.50. The van der Waals surface area contributed by atoms with Gasteiger partial charge >= 0.3 is 6.09 Å². The van der Waals surface area contributed by atoms with Crippen molar-refractivity contribution in [2.24, 2.45) is 0 Å². The van der Waals surface area contributed by atoms with Gasteiger partial charge in [0.15, 0.2) is 0 Å². The van der Waals surface area contributed by atoms with E-state index >= 15 is 0 Å². The van der Waals surface area contributed by atoms with E-state index in [0.717, 1.165) is 22.3 Å². The number of fused-ring (bicyclic) bond motifs is 1. The molecule has 0 saturated carbocycles. The van der Waals surface area contributed by atoms with Gasteiger partial charge in [-0.1, -0.05) is 30.3 Å². The van der Waals surface area contributed by atoms with Crippen molar-refractivity contribution in [2.45, 2.75) is 13.5 Å². The molecule has 4 rings (SSSR count). The van der Waals surface area contributed by atoms with E-state index in [-0.39, 0.29) is 13.2 Å². The standard InChI is InChI=1S/C23H22N4O3/c1-17-20(15-26-16-25-19-9-5-6-10-21(19)26)24-12-11-22(17)30-14-13-27(23(28)29)18-7-3-2-4-8-18/h2-12,16H,13-15H2,1H3,(H,28,29). The number of hydrogen-bond donors (Lipinski definition) is 1. The number of carboxylic acid groups (broad SMARTS) is 1. The summed E-state index contributed by atoms with van der Waals surface area (Å²) in [5.41, 5.74) is 4.42. The number of nitrogens with zero attached hydrogens (tertiary/aromatic N) is 4. The van der Waals surface area contributed by atoms with Crippen LogP contribution < -0.4 is 9.64 Å². The molecule has 2 aromatic carbocycles. The number of aromatic nitrogens is 3. The average molecular weight is 402 g/mol. The molecule has 0 aliphatic carbocycles. The molecule has 0 aliphatic rings. The van der Waals surface area contributed by atoms with Crippen molar-refractivity contribution in [3.8, 4) is 5.75 Å². The van der Waals surface area contributed by atoms with Crippen molar-refractivity contribution in [1.29, 1.82) is 0 Å². The number of para-hydroxylation sites is 3. The Morgan fingerprint density at radius 2 is 1.83 bits per heavy atom. The van der Waals surface area contributed by atoms with E-state index < -0.39 is 6.09 Å². The Labute approximate surface area is 174 Å². The summed E-state index contributed by atoms with van der Waals surface area (Å²) in [5.74, 6) is 0.697. The molecule has 1 N–H and O–H groups in total. The van der Waals surface area contributed by atoms with Crippen LogP contribution in [0.25, 0.3) is 11.0 Å². The van der Waals surface area contributed by atoms with Crippen LogP contribution in [0, 0.1) is 6.92 Å². The van der Waals surface area contributed by atoms with Crippen LogP contribution in [0.2, 0.25) is 0 Å². The van der Waals surface area contributed by atoms with Crippen molar-refractivity contribution in [3.05, 3.63) is 84.4 Å². The second-order valence-electron chi connectivity index (χ2n) is 6.86. The highest BCUT2D eigenvalue weighted by molar-refractivity contribution is 5.85. The number of pyridine rings is 1. The summed E-state index contributed by atoms with van der Waals surface area (Å²) >= 11 is 0. The Morgan fingerprint density at radius 3 is 2.63 bits per heavy atom. The minimum Gasteiger partial charge on any atom is -0.491 e. The zero-order valence-corrected chi connectivity index (χ0v) is 16.6. The number of amides is 1. The third-order valence-electron chi connectivity index (χ3n) is 4.98. The SMILES string of the molecule is Cc1c(OCCN(C(=O)O)c2ccccc2)ccnc1Cn1cnc2ccccc21. The van der Waals surface area contributed by atoms with Crippen molar-refractivity contribution >= 4 is 22.8 Å². The Bertz CT molecular complexity index is 1160. The lowest BCUT2D eigenvalue weighted by Crippen LogP contribution is -2.33. The van der Waals surface area contributed by atoms with Crippen LogP contribution in [0.15, 0.2) is 73.2 Å². The Balaban J connectivity index is 1.46. The van der Waals surface area contributed by atoms with E-state index in [1.807, 2.05) is 55.7 Å². The number of rotatable bonds is 7. The van der Waals surface area contributed by atoms with Gasteiger partial charge < -0.3 is 14.4 Å². The number of carbonyl (C=O) groups is 1. The first-order valence-corrected chi connectivity index (χ1v) is 9.66. The maximum atomic E-state index is 11.6. The summed E-state index contributed by atoms with van der Waals surface area (Å²) in [6.07, 6.45) is 2.51. The Kier molecular flexibility index (Phi) is 5.61. The first-order valence-electron chi connectivity index (χ1n) is 9.66. The maximum Gasteiger partial charge on any atom is 0.411 e. The topological polar surface area (TPSA) is 80.5 Å². The third-order valence-corrected chi connectivity index (χ3v) is 4.98. The molecule has 30 heavy (non-hydrogen) atoms. The molecule has 0 aliphatic heterocycles. The van der Waals surface area contributed by atoms with Crippen LogP contribution in [-0.4, -0.2) is 38.9 Å². The lowest BCUT2D eigenvalue weighted by Gasteiger charge is -2.20. The molecular weight excluding hydrogens is 380 g/mol. The highest BCUT2D eigenvalue weighted by Crippen LogP contribution is 2.22. The highest BCUT2D eigenvalue weighted by atomic mass is 16.5. The van der Waals surface area contributed by atoms with Gasteiger partial charge in [0.05, 0.1) is 36.1 Å². The maximum absolute atomic E-state index is 11.6. The number of benzene rings is 2. The van der Waals surface area contributed by atoms with Crippen molar-refractivity contribution < 1.29 is 14.6 Å². The summed E-state index contributed by atoms with van der Waals surface area (Å²) in [6, 6.07) is 18.8. The van der Waals surface area contributed by atoms with Gasteiger partial charge in [0.25, 0.3) is 0 Å². The van der Waals surface area contributed by atoms with Crippen LogP contribution in [0.4, 0.5) is 10.5 Å². The molecule has 2 aromatic heterocycles. The normalized spacial score (nSPS) is 10.8. The number of anilines is 1. The van der Waals surface area contributed by atoms with Crippen LogP contribution in [0.1, 0.15) is 11.3 Å². The zero-order chi connectivity index (χ0) is 20.9. The second kappa shape index (κ2) is 8.65. The van der Waals surface area contributed by atoms with Crippen LogP contribution >= 0.6 is 0 Å². The van der Waals surface area contributed by atoms with Crippen molar-refractivity contribution in [2.75, 3.05) is 18.1 Å². The van der Waals surface area contributed by atoms with Gasteiger partial charge in [-0.2, -0.15) is 0 Å². The molecule has 0 bridgehead atoms. The minimum atomic E-state index is -1.01. The minimum absolute atomic E-state index is 0.225. The van der Waals surface area contributed by atoms with Crippen LogP contribution in [0.5, 0.6) is 5.75 Å². The molecule has 0 spiro atoms. The van der Waals surface area contributed by atoms with Gasteiger partial charge in [0, 0.05) is 17.4 Å². The lowest BCUT2D eigenvalue weighted by molar-refractivity contribution is 0.199. The second-order valence-corrected chi connectivity index (χ2v) is 6.86. The average Bonchev–Trinajstić information content (AvgIpc) is 3.17. The first kappa shape index (κ1) is 19.4. The Hall–Kier alpha value is -3.87. The van der Waals surface area contributed by atoms with Crippen LogP contribution in [-0.2, 0) is 6.54 Å². The van der Waals surface area contributed by atoms with Gasteiger partial charge in [-0.05, 0) is 37.3 Å². The smallest absolute Gasteiger partial charge is 0.411 e. The molecule has 7 nitrogen and oxygen atoms in total. The molecule has 7 heteroatoms. The molecule has 4 aromatic rings. The molecule has 1 amide bonds.